The summed E-state index contributed by atoms with van der Waals surface area (Å²) in [5.74, 6) is 0.750. The fraction of sp³-hybridized carbons (Fsp3) is 0.195. The number of hydrogen-bond donors (Lipinski definition) is 0. The topological polar surface area (TPSA) is 156 Å². The van der Waals surface area contributed by atoms with Crippen molar-refractivity contribution in [2.24, 2.45) is 0 Å². The zero-order valence-corrected chi connectivity index (χ0v) is 30.7. The number of anilines is 2. The van der Waals surface area contributed by atoms with E-state index in [-0.39, 0.29) is 31.7 Å². The molecule has 0 spiro atoms. The third kappa shape index (κ3) is 8.66. The summed E-state index contributed by atoms with van der Waals surface area (Å²) in [5, 5.41) is 0. The van der Waals surface area contributed by atoms with Gasteiger partial charge in [-0.15, -0.1) is 0 Å². The van der Waals surface area contributed by atoms with Gasteiger partial charge < -0.3 is 28.4 Å². The van der Waals surface area contributed by atoms with E-state index in [0.29, 0.717) is 47.3 Å². The summed E-state index contributed by atoms with van der Waals surface area (Å²) < 4.78 is 80.6. The van der Waals surface area contributed by atoms with Gasteiger partial charge >= 0.3 is 0 Å². The number of Topliss-reactive ketones (excluding diaryl/α,β-unsaturated/α-hetero) is 1. The quantitative estimate of drug-likeness (QED) is 0.109. The monoisotopic (exact) mass is 764 g/mol. The molecule has 3 aliphatic rings. The predicted molar refractivity (Wildman–Crippen MR) is 205 cm³/mol. The summed E-state index contributed by atoms with van der Waals surface area (Å²) in [7, 11) is -8.82. The molecule has 1 fully saturated rings. The molecule has 0 saturated heterocycles. The lowest BCUT2D eigenvalue weighted by atomic mass is 10.0. The molecule has 7 rings (SSSR count). The summed E-state index contributed by atoms with van der Waals surface area (Å²) in [6.07, 6.45) is 7.91. The van der Waals surface area contributed by atoms with E-state index in [1.807, 2.05) is 107 Å². The van der Waals surface area contributed by atoms with Crippen LogP contribution >= 0.6 is 0 Å². The molecule has 2 aliphatic heterocycles. The molecule has 4 aromatic rings. The Labute approximate surface area is 314 Å². The fourth-order valence-electron chi connectivity index (χ4n) is 6.70. The highest BCUT2D eigenvalue weighted by atomic mass is 32.2. The summed E-state index contributed by atoms with van der Waals surface area (Å²) in [4.78, 5) is 17.2. The maximum Gasteiger partial charge on any atom is 0.200 e. The lowest BCUT2D eigenvalue weighted by molar-refractivity contribution is -0.111. The lowest BCUT2D eigenvalue weighted by Crippen LogP contribution is -2.23. The van der Waals surface area contributed by atoms with Crippen LogP contribution in [0.2, 0.25) is 0 Å². The molecule has 0 bridgehead atoms. The summed E-state index contributed by atoms with van der Waals surface area (Å²) in [6.45, 7) is 0.418. The third-order valence-electron chi connectivity index (χ3n) is 9.33. The van der Waals surface area contributed by atoms with Crippen LogP contribution in [0.25, 0.3) is 22.3 Å². The van der Waals surface area contributed by atoms with Crippen LogP contribution in [0.3, 0.4) is 0 Å². The molecule has 0 amide bonds. The first-order valence-corrected chi connectivity index (χ1v) is 20.6. The molecule has 0 atom stereocenters. The Hall–Kier alpha value is -5.47. The molecular formula is C41H36N2O9S2-2. The Morgan fingerprint density at radius 2 is 0.963 bits per heavy atom. The SMILES string of the molecule is O=C1/C(=C/C=C2\Oc3ccc(-c4ccccc4)cc3N2CCCS(=O)(=O)[O-])CC/C1=C\C=C1/Oc2ccc(-c3ccccc3)cc2N1CCCS(=O)(=O)[O-]. The third-order valence-corrected chi connectivity index (χ3v) is 10.9. The van der Waals surface area contributed by atoms with E-state index in [1.54, 1.807) is 24.3 Å². The molecule has 1 saturated carbocycles. The van der Waals surface area contributed by atoms with Crippen molar-refractivity contribution >= 4 is 37.4 Å². The van der Waals surface area contributed by atoms with Gasteiger partial charge in [0.05, 0.1) is 31.6 Å². The average molecular weight is 765 g/mol. The van der Waals surface area contributed by atoms with E-state index in [4.69, 9.17) is 9.47 Å². The number of ether oxygens (including phenoxy) is 2. The second-order valence-corrected chi connectivity index (χ2v) is 16.1. The summed E-state index contributed by atoms with van der Waals surface area (Å²) in [6, 6.07) is 31.0. The van der Waals surface area contributed by atoms with Crippen molar-refractivity contribution in [3.05, 3.63) is 144 Å². The van der Waals surface area contributed by atoms with Gasteiger partial charge in [0.2, 0.25) is 11.8 Å². The van der Waals surface area contributed by atoms with Gasteiger partial charge in [-0.2, -0.15) is 0 Å². The zero-order valence-electron chi connectivity index (χ0n) is 29.1. The van der Waals surface area contributed by atoms with Gasteiger partial charge in [0.25, 0.3) is 0 Å². The highest BCUT2D eigenvalue weighted by Crippen LogP contribution is 2.43. The van der Waals surface area contributed by atoms with Crippen LogP contribution in [-0.4, -0.2) is 56.3 Å². The standard InChI is InChI=1S/C41H38N2O9S2/c44-41-31(17-21-39-42(23-7-25-53(45,46)47)35-27-33(15-19-37(35)51-39)29-9-3-1-4-10-29)13-14-32(41)18-22-40-43(24-8-26-54(48,49)50)36-28-34(16-20-38(36)52-40)30-11-5-2-6-12-30/h1-6,9-12,15-22,27-28H,7-8,13-14,23-26H2,(H,45,46,47)(H,48,49,50)/p-2/b31-17+,32-18+,39-21-,40-22-. The van der Waals surface area contributed by atoms with Crippen LogP contribution in [0.15, 0.2) is 144 Å². The van der Waals surface area contributed by atoms with E-state index in [1.165, 1.54) is 0 Å². The first-order chi connectivity index (χ1) is 25.9. The fourth-order valence-corrected chi connectivity index (χ4v) is 7.66. The number of hydrogen-bond acceptors (Lipinski definition) is 11. The van der Waals surface area contributed by atoms with Crippen molar-refractivity contribution in [2.45, 2.75) is 25.7 Å². The number of ketones is 1. The molecule has 278 valence electrons. The maximum absolute atomic E-state index is 13.6. The lowest BCUT2D eigenvalue weighted by Gasteiger charge is -2.19. The Balaban J connectivity index is 1.12. The van der Waals surface area contributed by atoms with Crippen molar-refractivity contribution in [1.29, 1.82) is 0 Å². The molecule has 1 aliphatic carbocycles. The van der Waals surface area contributed by atoms with Crippen molar-refractivity contribution in [3.8, 4) is 33.8 Å². The van der Waals surface area contributed by atoms with Crippen LogP contribution in [-0.2, 0) is 25.0 Å². The number of carbonyl (C=O) groups is 1. The molecule has 2 heterocycles. The van der Waals surface area contributed by atoms with Crippen LogP contribution in [0.1, 0.15) is 25.7 Å². The Morgan fingerprint density at radius 3 is 1.35 bits per heavy atom. The predicted octanol–water partition coefficient (Wildman–Crippen LogP) is 6.89. The van der Waals surface area contributed by atoms with E-state index >= 15 is 0 Å². The molecule has 13 heteroatoms. The largest absolute Gasteiger partial charge is 0.748 e. The Bertz CT molecular complexity index is 2250. The van der Waals surface area contributed by atoms with E-state index in [2.05, 4.69) is 0 Å². The van der Waals surface area contributed by atoms with Crippen molar-refractivity contribution in [2.75, 3.05) is 34.4 Å². The highest BCUT2D eigenvalue weighted by Gasteiger charge is 2.29. The van der Waals surface area contributed by atoms with E-state index in [0.717, 1.165) is 33.6 Å². The second kappa shape index (κ2) is 15.5. The molecule has 0 N–H and O–H groups in total. The Morgan fingerprint density at radius 1 is 0.556 bits per heavy atom. The van der Waals surface area contributed by atoms with Gasteiger partial charge in [-0.1, -0.05) is 72.8 Å². The van der Waals surface area contributed by atoms with Crippen molar-refractivity contribution in [3.63, 3.8) is 0 Å². The van der Waals surface area contributed by atoms with Crippen LogP contribution in [0.5, 0.6) is 11.5 Å². The van der Waals surface area contributed by atoms with Crippen LogP contribution in [0, 0.1) is 0 Å². The van der Waals surface area contributed by atoms with Crippen molar-refractivity contribution < 1.29 is 40.2 Å². The smallest absolute Gasteiger partial charge is 0.200 e. The summed E-state index contributed by atoms with van der Waals surface area (Å²) >= 11 is 0. The number of fused-ring (bicyclic) bond motifs is 2. The van der Waals surface area contributed by atoms with E-state index < -0.39 is 31.7 Å². The molecule has 54 heavy (non-hydrogen) atoms. The minimum Gasteiger partial charge on any atom is -0.748 e. The number of allylic oxidation sites excluding steroid dienone is 6. The molecular weight excluding hydrogens is 729 g/mol. The molecule has 0 unspecified atom stereocenters. The van der Waals surface area contributed by atoms with Crippen LogP contribution in [0.4, 0.5) is 11.4 Å². The number of carbonyl (C=O) groups excluding carboxylic acids is 1. The van der Waals surface area contributed by atoms with Gasteiger partial charge in [0.15, 0.2) is 17.3 Å². The van der Waals surface area contributed by atoms with Gasteiger partial charge in [-0.05, 0) is 96.5 Å². The minimum absolute atomic E-state index is 0.0851. The Kier molecular flexibility index (Phi) is 10.6. The first-order valence-electron chi connectivity index (χ1n) is 17.5. The zero-order chi connectivity index (χ0) is 37.9. The maximum atomic E-state index is 13.6. The van der Waals surface area contributed by atoms with Gasteiger partial charge in [0.1, 0.15) is 0 Å². The molecule has 0 aromatic heterocycles. The molecule has 4 aromatic carbocycles. The van der Waals surface area contributed by atoms with Gasteiger partial charge in [-0.25, -0.2) is 16.8 Å². The normalized spacial score (nSPS) is 18.4. The first kappa shape index (κ1) is 36.9. The van der Waals surface area contributed by atoms with Crippen LogP contribution < -0.4 is 19.3 Å². The average Bonchev–Trinajstić information content (AvgIpc) is 3.81. The number of rotatable bonds is 12. The molecule has 0 radical (unpaired) electrons. The summed E-state index contributed by atoms with van der Waals surface area (Å²) in [5.41, 5.74) is 6.42. The number of nitrogens with zero attached hydrogens (tertiary/aromatic N) is 2. The second-order valence-electron chi connectivity index (χ2n) is 13.1. The minimum atomic E-state index is -4.41. The van der Waals surface area contributed by atoms with Crippen molar-refractivity contribution in [1.82, 2.24) is 0 Å². The van der Waals surface area contributed by atoms with Gasteiger partial charge in [0, 0.05) is 35.7 Å². The highest BCUT2D eigenvalue weighted by molar-refractivity contribution is 7.85. The molecule has 11 nitrogen and oxygen atoms in total. The van der Waals surface area contributed by atoms with Gasteiger partial charge in [-0.3, -0.25) is 4.79 Å². The van der Waals surface area contributed by atoms with E-state index in [9.17, 15) is 30.7 Å². The number of benzene rings is 4.